The third-order valence-corrected chi connectivity index (χ3v) is 6.61. The van der Waals surface area contributed by atoms with Crippen molar-refractivity contribution in [2.45, 2.75) is 62.7 Å². The summed E-state index contributed by atoms with van der Waals surface area (Å²) in [5.74, 6) is -4.66. The van der Waals surface area contributed by atoms with Gasteiger partial charge in [-0.15, -0.1) is 12.4 Å². The Kier molecular flexibility index (Phi) is 8.84. The number of carboxylic acids is 1. The Labute approximate surface area is 216 Å². The monoisotopic (exact) mass is 550 g/mol. The maximum atomic E-state index is 13.7. The van der Waals surface area contributed by atoms with Crippen molar-refractivity contribution in [1.29, 1.82) is 0 Å². The Balaban J connectivity index is 0.00000380. The Morgan fingerprint density at radius 3 is 2.41 bits per heavy atom. The van der Waals surface area contributed by atoms with Gasteiger partial charge in [-0.1, -0.05) is 31.0 Å². The van der Waals surface area contributed by atoms with Crippen LogP contribution in [-0.4, -0.2) is 63.3 Å². The summed E-state index contributed by atoms with van der Waals surface area (Å²) in [5.41, 5.74) is -0.896. The molecule has 0 radical (unpaired) electrons. The number of hydrogen-bond donors (Lipinski definition) is 2. The Morgan fingerprint density at radius 2 is 1.81 bits per heavy atom. The Hall–Kier alpha value is -2.73. The van der Waals surface area contributed by atoms with Crippen molar-refractivity contribution in [3.05, 3.63) is 41.6 Å². The van der Waals surface area contributed by atoms with E-state index in [0.717, 1.165) is 18.9 Å². The molecular weight excluding hydrogens is 523 g/mol. The van der Waals surface area contributed by atoms with Crippen LogP contribution < -0.4 is 5.32 Å². The van der Waals surface area contributed by atoms with Crippen LogP contribution in [0.25, 0.3) is 11.3 Å². The summed E-state index contributed by atoms with van der Waals surface area (Å²) >= 11 is 0. The predicted molar refractivity (Wildman–Crippen MR) is 127 cm³/mol. The summed E-state index contributed by atoms with van der Waals surface area (Å²) in [6, 6.07) is 5.37. The molecule has 1 atom stereocenters. The normalized spacial score (nSPS) is 18.6. The summed E-state index contributed by atoms with van der Waals surface area (Å²) in [4.78, 5) is 25.8. The van der Waals surface area contributed by atoms with Crippen molar-refractivity contribution in [1.82, 2.24) is 20.0 Å². The van der Waals surface area contributed by atoms with E-state index in [-0.39, 0.29) is 48.4 Å². The molecule has 1 aliphatic heterocycles. The van der Waals surface area contributed by atoms with Crippen LogP contribution in [0.15, 0.2) is 30.3 Å². The molecule has 2 aliphatic rings. The molecule has 4 rings (SSSR count). The molecule has 13 heteroatoms. The van der Waals surface area contributed by atoms with E-state index in [2.05, 4.69) is 10.4 Å². The second-order valence-electron chi connectivity index (χ2n) is 9.46. The van der Waals surface area contributed by atoms with Gasteiger partial charge in [0.1, 0.15) is 0 Å². The highest BCUT2D eigenvalue weighted by Gasteiger charge is 2.43. The molecule has 2 N–H and O–H groups in total. The number of rotatable bonds is 9. The molecule has 1 aromatic heterocycles. The number of aromatic nitrogens is 2. The number of nitrogens with one attached hydrogen (secondary N) is 1. The highest BCUT2D eigenvalue weighted by molar-refractivity contribution is 5.94. The largest absolute Gasteiger partial charge is 0.481 e. The lowest BCUT2D eigenvalue weighted by Crippen LogP contribution is -2.57. The molecule has 2 aromatic rings. The highest BCUT2D eigenvalue weighted by atomic mass is 35.5. The van der Waals surface area contributed by atoms with Crippen molar-refractivity contribution >= 4 is 24.3 Å². The van der Waals surface area contributed by atoms with Crippen LogP contribution in [0.2, 0.25) is 0 Å². The SMILES string of the molecule is Cl.O=C(O)C[C@H](CCN1CC(F)(F)C1)NC(=O)c1cc(-c2ccccc2C(F)(F)F)n(C2CCCC2)n1. The van der Waals surface area contributed by atoms with E-state index >= 15 is 0 Å². The van der Waals surface area contributed by atoms with E-state index in [4.69, 9.17) is 0 Å². The summed E-state index contributed by atoms with van der Waals surface area (Å²) in [5, 5.41) is 16.2. The number of aliphatic carboxylic acids is 1. The van der Waals surface area contributed by atoms with Crippen LogP contribution in [-0.2, 0) is 11.0 Å². The topological polar surface area (TPSA) is 87.5 Å². The van der Waals surface area contributed by atoms with Gasteiger partial charge in [0, 0.05) is 18.2 Å². The molecule has 37 heavy (non-hydrogen) atoms. The van der Waals surface area contributed by atoms with Crippen LogP contribution in [0.3, 0.4) is 0 Å². The molecule has 2 heterocycles. The molecule has 1 aromatic carbocycles. The van der Waals surface area contributed by atoms with Gasteiger partial charge in [-0.25, -0.2) is 8.78 Å². The first kappa shape index (κ1) is 28.8. The van der Waals surface area contributed by atoms with Crippen LogP contribution in [0, 0.1) is 0 Å². The predicted octanol–water partition coefficient (Wildman–Crippen LogP) is 5.02. The molecule has 0 spiro atoms. The average Bonchev–Trinajstić information content (AvgIpc) is 3.45. The Morgan fingerprint density at radius 1 is 1.16 bits per heavy atom. The molecule has 1 aliphatic carbocycles. The van der Waals surface area contributed by atoms with E-state index in [9.17, 15) is 36.6 Å². The van der Waals surface area contributed by atoms with Crippen molar-refractivity contribution in [2.24, 2.45) is 0 Å². The smallest absolute Gasteiger partial charge is 0.417 e. The zero-order chi connectivity index (χ0) is 26.1. The van der Waals surface area contributed by atoms with Gasteiger partial charge in [0.25, 0.3) is 11.8 Å². The van der Waals surface area contributed by atoms with Crippen LogP contribution >= 0.6 is 12.4 Å². The zero-order valence-electron chi connectivity index (χ0n) is 19.8. The van der Waals surface area contributed by atoms with Crippen LogP contribution in [0.4, 0.5) is 22.0 Å². The second-order valence-corrected chi connectivity index (χ2v) is 9.46. The molecular formula is C24H28ClF5N4O3. The maximum Gasteiger partial charge on any atom is 0.417 e. The lowest BCUT2D eigenvalue weighted by Gasteiger charge is -2.39. The van der Waals surface area contributed by atoms with Gasteiger partial charge in [0.2, 0.25) is 0 Å². The van der Waals surface area contributed by atoms with Gasteiger partial charge >= 0.3 is 12.1 Å². The fourth-order valence-electron chi connectivity index (χ4n) is 4.89. The Bertz CT molecular complexity index is 1110. The first-order chi connectivity index (χ1) is 16.9. The van der Waals surface area contributed by atoms with E-state index in [1.807, 2.05) is 0 Å². The number of carbonyl (C=O) groups is 2. The number of amides is 1. The molecule has 204 valence electrons. The number of halogens is 6. The minimum Gasteiger partial charge on any atom is -0.481 e. The molecule has 2 fully saturated rings. The van der Waals surface area contributed by atoms with Crippen molar-refractivity contribution in [3.63, 3.8) is 0 Å². The van der Waals surface area contributed by atoms with E-state index in [0.29, 0.717) is 12.8 Å². The number of benzene rings is 1. The lowest BCUT2D eigenvalue weighted by atomic mass is 10.0. The molecule has 0 bridgehead atoms. The van der Waals surface area contributed by atoms with E-state index in [1.165, 1.54) is 33.8 Å². The standard InChI is InChI=1S/C24H27F5N4O3.ClH/c25-23(26)13-32(14-23)10-9-15(11-21(34)35)30-22(36)19-12-20(33(31-19)16-5-1-2-6-16)17-7-3-4-8-18(17)24(27,28)29;/h3-4,7-8,12,15-16H,1-2,5-6,9-11,13-14H2,(H,30,36)(H,34,35);1H/t15-;/m0./s1. The highest BCUT2D eigenvalue weighted by Crippen LogP contribution is 2.40. The average molecular weight is 551 g/mol. The molecule has 7 nitrogen and oxygen atoms in total. The van der Waals surface area contributed by atoms with Gasteiger partial charge < -0.3 is 10.4 Å². The molecule has 1 amide bonds. The van der Waals surface area contributed by atoms with Crippen LogP contribution in [0.5, 0.6) is 0 Å². The zero-order valence-corrected chi connectivity index (χ0v) is 20.6. The van der Waals surface area contributed by atoms with Crippen molar-refractivity contribution in [3.8, 4) is 11.3 Å². The minimum absolute atomic E-state index is 0. The second kappa shape index (κ2) is 11.3. The number of carbonyl (C=O) groups excluding carboxylic acids is 1. The van der Waals surface area contributed by atoms with Crippen molar-refractivity contribution in [2.75, 3.05) is 19.6 Å². The third-order valence-electron chi connectivity index (χ3n) is 6.61. The van der Waals surface area contributed by atoms with Gasteiger partial charge in [-0.3, -0.25) is 19.2 Å². The number of hydrogen-bond acceptors (Lipinski definition) is 4. The van der Waals surface area contributed by atoms with Gasteiger partial charge in [-0.05, 0) is 31.4 Å². The van der Waals surface area contributed by atoms with Crippen LogP contribution in [0.1, 0.15) is 60.6 Å². The molecule has 1 saturated carbocycles. The summed E-state index contributed by atoms with van der Waals surface area (Å²) < 4.78 is 68.8. The summed E-state index contributed by atoms with van der Waals surface area (Å²) in [7, 11) is 0. The van der Waals surface area contributed by atoms with Crippen molar-refractivity contribution < 1.29 is 36.6 Å². The molecule has 1 saturated heterocycles. The summed E-state index contributed by atoms with van der Waals surface area (Å²) in [6.45, 7) is -0.669. The number of nitrogens with zero attached hydrogens (tertiary/aromatic N) is 3. The number of likely N-dealkylation sites (tertiary alicyclic amines) is 1. The quantitative estimate of drug-likeness (QED) is 0.428. The molecule has 0 unspecified atom stereocenters. The maximum absolute atomic E-state index is 13.7. The first-order valence-electron chi connectivity index (χ1n) is 11.8. The fraction of sp³-hybridized carbons (Fsp3) is 0.542. The van der Waals surface area contributed by atoms with Gasteiger partial charge in [-0.2, -0.15) is 18.3 Å². The van der Waals surface area contributed by atoms with Gasteiger partial charge in [0.05, 0.1) is 36.8 Å². The number of alkyl halides is 5. The minimum atomic E-state index is -4.61. The lowest BCUT2D eigenvalue weighted by molar-refractivity contribution is -0.139. The summed E-state index contributed by atoms with van der Waals surface area (Å²) in [6.07, 6.45) is -1.70. The van der Waals surface area contributed by atoms with Gasteiger partial charge in [0.15, 0.2) is 5.69 Å². The first-order valence-corrected chi connectivity index (χ1v) is 11.8. The number of carboxylic acid groups (broad SMARTS) is 1. The van der Waals surface area contributed by atoms with E-state index in [1.54, 1.807) is 0 Å². The third kappa shape index (κ3) is 6.98. The fourth-order valence-corrected chi connectivity index (χ4v) is 4.89. The van der Waals surface area contributed by atoms with E-state index < -0.39 is 55.1 Å².